The summed E-state index contributed by atoms with van der Waals surface area (Å²) < 4.78 is 6.83. The molecular formula is C38H49N3O2. The van der Waals surface area contributed by atoms with E-state index in [1.54, 1.807) is 6.20 Å². The van der Waals surface area contributed by atoms with Crippen molar-refractivity contribution in [3.8, 4) is 0 Å². The lowest BCUT2D eigenvalue weighted by atomic mass is 9.84. The Morgan fingerprint density at radius 3 is 2.56 bits per heavy atom. The van der Waals surface area contributed by atoms with Gasteiger partial charge in [0.05, 0.1) is 23.5 Å². The lowest BCUT2D eigenvalue weighted by molar-refractivity contribution is -0.0966. The maximum Gasteiger partial charge on any atom is 0.166 e. The first kappa shape index (κ1) is 32.5. The first-order valence-electron chi connectivity index (χ1n) is 15.9. The molecule has 5 heteroatoms. The Labute approximate surface area is 259 Å². The molecule has 1 aliphatic heterocycles. The third kappa shape index (κ3) is 9.29. The molecule has 3 aromatic rings. The lowest BCUT2D eigenvalue weighted by Gasteiger charge is -2.41. The highest BCUT2D eigenvalue weighted by Gasteiger charge is 2.36. The van der Waals surface area contributed by atoms with Gasteiger partial charge in [0, 0.05) is 25.7 Å². The Balaban J connectivity index is 1.47. The van der Waals surface area contributed by atoms with E-state index < -0.39 is 0 Å². The molecule has 1 fully saturated rings. The van der Waals surface area contributed by atoms with Gasteiger partial charge in [-0.05, 0) is 94.5 Å². The lowest BCUT2D eigenvalue weighted by Crippen LogP contribution is -2.42. The van der Waals surface area contributed by atoms with E-state index >= 15 is 0 Å². The number of ketones is 1. The number of aromatic nitrogens is 2. The average Bonchev–Trinajstić information content (AvgIpc) is 3.02. The van der Waals surface area contributed by atoms with Crippen LogP contribution in [0.15, 0.2) is 79.0 Å². The number of aryl methyl sites for hydroxylation is 1. The molecule has 1 aliphatic rings. The Bertz CT molecular complexity index is 1370. The zero-order valence-corrected chi connectivity index (χ0v) is 26.6. The zero-order chi connectivity index (χ0) is 30.7. The van der Waals surface area contributed by atoms with Crippen LogP contribution in [0.2, 0.25) is 0 Å². The summed E-state index contributed by atoms with van der Waals surface area (Å²) in [5.74, 6) is 1.05. The van der Waals surface area contributed by atoms with Gasteiger partial charge < -0.3 is 9.64 Å². The van der Waals surface area contributed by atoms with Crippen LogP contribution in [0.4, 0.5) is 0 Å². The van der Waals surface area contributed by atoms with Crippen molar-refractivity contribution in [2.45, 2.75) is 90.3 Å². The highest BCUT2D eigenvalue weighted by molar-refractivity contribution is 5.96. The minimum absolute atomic E-state index is 0.111. The molecule has 0 radical (unpaired) electrons. The first-order chi connectivity index (χ1) is 20.8. The van der Waals surface area contributed by atoms with E-state index in [-0.39, 0.29) is 17.3 Å². The summed E-state index contributed by atoms with van der Waals surface area (Å²) in [4.78, 5) is 24.6. The average molecular weight is 580 g/mol. The van der Waals surface area contributed by atoms with E-state index in [4.69, 9.17) is 4.74 Å². The Morgan fingerprint density at radius 1 is 1.09 bits per heavy atom. The fourth-order valence-corrected chi connectivity index (χ4v) is 6.03. The van der Waals surface area contributed by atoms with Gasteiger partial charge in [0.25, 0.3) is 0 Å². The predicted molar refractivity (Wildman–Crippen MR) is 177 cm³/mol. The summed E-state index contributed by atoms with van der Waals surface area (Å²) in [6.45, 7) is 12.8. The number of benzene rings is 2. The molecule has 1 saturated heterocycles. The van der Waals surface area contributed by atoms with Crippen LogP contribution in [0.1, 0.15) is 110 Å². The second-order valence-electron chi connectivity index (χ2n) is 12.2. The largest absolute Gasteiger partial charge is 0.366 e. The molecule has 2 heterocycles. The summed E-state index contributed by atoms with van der Waals surface area (Å²) in [7, 11) is 2.19. The summed E-state index contributed by atoms with van der Waals surface area (Å²) in [6.07, 6.45) is 12.9. The quantitative estimate of drug-likeness (QED) is 0.133. The van der Waals surface area contributed by atoms with E-state index in [0.717, 1.165) is 63.7 Å². The smallest absolute Gasteiger partial charge is 0.166 e. The van der Waals surface area contributed by atoms with Crippen LogP contribution in [0, 0.1) is 6.92 Å². The molecule has 1 atom stereocenters. The standard InChI is InChI=1S/C38H49N3O2/c1-6-7-19-37-39-27-35(30(4)40-37)36(42)21-20-32(15-11-13-29(2)3)33-16-12-14-31(26-33)28-43-38(22-24-41(5)25-23-38)34-17-9-8-10-18-34/h7-10,12,14,16-19,26-27,32H,2,6,11,13,15,20-25,28H2,1,3-5H3/b19-7+/t32-/m1/s1. The predicted octanol–water partition coefficient (Wildman–Crippen LogP) is 8.84. The van der Waals surface area contributed by atoms with Crippen LogP contribution in [0.25, 0.3) is 6.08 Å². The van der Waals surface area contributed by atoms with Crippen LogP contribution in [-0.2, 0) is 16.9 Å². The number of carbonyl (C=O) groups is 1. The van der Waals surface area contributed by atoms with Crippen molar-refractivity contribution >= 4 is 11.9 Å². The molecule has 0 aliphatic carbocycles. The van der Waals surface area contributed by atoms with Gasteiger partial charge >= 0.3 is 0 Å². The topological polar surface area (TPSA) is 55.3 Å². The third-order valence-electron chi connectivity index (χ3n) is 8.71. The van der Waals surface area contributed by atoms with Gasteiger partial charge in [-0.1, -0.05) is 73.2 Å². The molecule has 2 aromatic carbocycles. The number of ether oxygens (including phenoxy) is 1. The molecule has 0 N–H and O–H groups in total. The number of rotatable bonds is 15. The van der Waals surface area contributed by atoms with E-state index in [1.165, 1.54) is 22.3 Å². The first-order valence-corrected chi connectivity index (χ1v) is 15.9. The minimum Gasteiger partial charge on any atom is -0.366 e. The number of likely N-dealkylation sites (tertiary alicyclic amines) is 1. The van der Waals surface area contributed by atoms with Gasteiger partial charge in [0.2, 0.25) is 0 Å². The van der Waals surface area contributed by atoms with Gasteiger partial charge in [0.15, 0.2) is 11.6 Å². The summed E-state index contributed by atoms with van der Waals surface area (Å²) in [6, 6.07) is 19.5. The van der Waals surface area contributed by atoms with Crippen LogP contribution in [-0.4, -0.2) is 40.8 Å². The van der Waals surface area contributed by atoms with Crippen molar-refractivity contribution in [2.24, 2.45) is 0 Å². The highest BCUT2D eigenvalue weighted by atomic mass is 16.5. The van der Waals surface area contributed by atoms with Crippen molar-refractivity contribution in [1.29, 1.82) is 0 Å². The fourth-order valence-electron chi connectivity index (χ4n) is 6.03. The van der Waals surface area contributed by atoms with E-state index in [2.05, 4.69) is 96.9 Å². The molecular weight excluding hydrogens is 530 g/mol. The van der Waals surface area contributed by atoms with Crippen LogP contribution in [0.5, 0.6) is 0 Å². The maximum atomic E-state index is 13.3. The van der Waals surface area contributed by atoms with Gasteiger partial charge in [0.1, 0.15) is 0 Å². The van der Waals surface area contributed by atoms with Gasteiger partial charge in [-0.2, -0.15) is 0 Å². The van der Waals surface area contributed by atoms with Crippen LogP contribution in [0.3, 0.4) is 0 Å². The molecule has 5 nitrogen and oxygen atoms in total. The van der Waals surface area contributed by atoms with Crippen molar-refractivity contribution in [1.82, 2.24) is 14.9 Å². The van der Waals surface area contributed by atoms with Crippen LogP contribution < -0.4 is 0 Å². The number of hydrogen-bond acceptors (Lipinski definition) is 5. The Hall–Kier alpha value is -3.41. The van der Waals surface area contributed by atoms with Gasteiger partial charge in [-0.15, -0.1) is 6.58 Å². The monoisotopic (exact) mass is 579 g/mol. The Morgan fingerprint density at radius 2 is 1.86 bits per heavy atom. The zero-order valence-electron chi connectivity index (χ0n) is 26.6. The molecule has 43 heavy (non-hydrogen) atoms. The molecule has 1 aromatic heterocycles. The number of carbonyl (C=O) groups excluding carboxylic acids is 1. The summed E-state index contributed by atoms with van der Waals surface area (Å²) in [5, 5.41) is 0. The van der Waals surface area contributed by atoms with Crippen molar-refractivity contribution in [2.75, 3.05) is 20.1 Å². The van der Waals surface area contributed by atoms with Crippen LogP contribution >= 0.6 is 0 Å². The normalized spacial score (nSPS) is 15.9. The number of nitrogens with zero attached hydrogens (tertiary/aromatic N) is 3. The number of allylic oxidation sites excluding steroid dienone is 2. The second kappa shape index (κ2) is 15.9. The summed E-state index contributed by atoms with van der Waals surface area (Å²) in [5.41, 5.74) is 6.04. The van der Waals surface area contributed by atoms with Gasteiger partial charge in [-0.3, -0.25) is 4.79 Å². The Kier molecular flexibility index (Phi) is 12.0. The minimum atomic E-state index is -0.265. The van der Waals surface area contributed by atoms with E-state index in [9.17, 15) is 4.79 Å². The van der Waals surface area contributed by atoms with Gasteiger partial charge in [-0.25, -0.2) is 9.97 Å². The number of Topliss-reactive ketones (excluding diaryl/α,β-unsaturated/α-hetero) is 1. The molecule has 0 amide bonds. The summed E-state index contributed by atoms with van der Waals surface area (Å²) >= 11 is 0. The van der Waals surface area contributed by atoms with Crippen molar-refractivity contribution < 1.29 is 9.53 Å². The van der Waals surface area contributed by atoms with Crippen molar-refractivity contribution in [3.63, 3.8) is 0 Å². The molecule has 4 rings (SSSR count). The van der Waals surface area contributed by atoms with E-state index in [1.807, 2.05) is 19.1 Å². The molecule has 0 unspecified atom stereocenters. The number of hydrogen-bond donors (Lipinski definition) is 0. The molecule has 0 saturated carbocycles. The third-order valence-corrected chi connectivity index (χ3v) is 8.71. The molecule has 228 valence electrons. The number of piperidine rings is 1. The fraction of sp³-hybridized carbons (Fsp3) is 0.447. The molecule has 0 spiro atoms. The highest BCUT2D eigenvalue weighted by Crippen LogP contribution is 2.38. The SMILES string of the molecule is C=C(C)CCC[C@H](CCC(=O)c1cnc(/C=C/CC)nc1C)c1cccc(COC2(c3ccccc3)CCN(C)CC2)c1. The second-order valence-corrected chi connectivity index (χ2v) is 12.2. The van der Waals surface area contributed by atoms with Crippen molar-refractivity contribution in [3.05, 3.63) is 113 Å². The van der Waals surface area contributed by atoms with E-state index in [0.29, 0.717) is 24.4 Å². The molecule has 0 bridgehead atoms. The maximum absolute atomic E-state index is 13.3.